The van der Waals surface area contributed by atoms with Crippen LogP contribution in [0.3, 0.4) is 0 Å². The average molecular weight is 608 g/mol. The van der Waals surface area contributed by atoms with Gasteiger partial charge in [-0.2, -0.15) is 9.29 Å². The van der Waals surface area contributed by atoms with Crippen molar-refractivity contribution in [3.05, 3.63) is 108 Å². The fourth-order valence-corrected chi connectivity index (χ4v) is 7.11. The summed E-state index contributed by atoms with van der Waals surface area (Å²) in [6.45, 7) is 2.81. The molecule has 0 unspecified atom stereocenters. The van der Waals surface area contributed by atoms with Gasteiger partial charge in [0.25, 0.3) is 0 Å². The fourth-order valence-electron chi connectivity index (χ4n) is 5.69. The molecular formula is C34H37N7O2S. The topological polar surface area (TPSA) is 112 Å². The van der Waals surface area contributed by atoms with Crippen LogP contribution in [0.1, 0.15) is 36.8 Å². The number of anilines is 4. The lowest BCUT2D eigenvalue weighted by Crippen LogP contribution is -2.43. The second kappa shape index (κ2) is 13.1. The molecule has 0 aliphatic heterocycles. The maximum absolute atomic E-state index is 13.5. The molecule has 3 aromatic carbocycles. The Morgan fingerprint density at radius 3 is 2.30 bits per heavy atom. The molecule has 0 saturated heterocycles. The molecule has 226 valence electrons. The molecular weight excluding hydrogens is 570 g/mol. The minimum atomic E-state index is -3.63. The van der Waals surface area contributed by atoms with Gasteiger partial charge in [-0.05, 0) is 92.8 Å². The number of nitrogens with zero attached hydrogens (tertiary/aromatic N) is 4. The van der Waals surface area contributed by atoms with Gasteiger partial charge in [0.2, 0.25) is 16.0 Å². The van der Waals surface area contributed by atoms with Gasteiger partial charge in [-0.3, -0.25) is 4.98 Å². The Morgan fingerprint density at radius 1 is 0.795 bits per heavy atom. The van der Waals surface area contributed by atoms with Gasteiger partial charge >= 0.3 is 0 Å². The molecule has 1 fully saturated rings. The summed E-state index contributed by atoms with van der Waals surface area (Å²) in [4.78, 5) is 13.6. The SMILES string of the molecule is Cc1ccc(Nc2ccnc(Nc3ccc(S(=O)(=O)N(C)C4CCC(NCc5cccc6ncccc56)CC4)cc3)n2)cc1. The van der Waals surface area contributed by atoms with E-state index in [1.165, 1.54) is 16.5 Å². The molecule has 1 saturated carbocycles. The monoisotopic (exact) mass is 607 g/mol. The Balaban J connectivity index is 1.03. The van der Waals surface area contributed by atoms with E-state index in [-0.39, 0.29) is 10.9 Å². The van der Waals surface area contributed by atoms with E-state index in [0.717, 1.165) is 43.4 Å². The molecule has 2 aromatic heterocycles. The smallest absolute Gasteiger partial charge is 0.243 e. The van der Waals surface area contributed by atoms with E-state index in [4.69, 9.17) is 0 Å². The first-order valence-electron chi connectivity index (χ1n) is 14.9. The van der Waals surface area contributed by atoms with Gasteiger partial charge in [0.1, 0.15) is 5.82 Å². The second-order valence-electron chi connectivity index (χ2n) is 11.3. The normalized spacial score (nSPS) is 17.1. The second-order valence-corrected chi connectivity index (χ2v) is 13.3. The Bertz CT molecular complexity index is 1820. The van der Waals surface area contributed by atoms with Crippen LogP contribution in [-0.4, -0.2) is 46.8 Å². The molecule has 1 aliphatic rings. The third-order valence-corrected chi connectivity index (χ3v) is 10.2. The van der Waals surface area contributed by atoms with E-state index in [9.17, 15) is 8.42 Å². The van der Waals surface area contributed by atoms with Crippen LogP contribution >= 0.6 is 0 Å². The standard InChI is InChI=1S/C34H37N7O2S/c1-24-8-10-27(11-9-24)38-33-20-22-36-34(40-33)39-28-14-18-30(19-15-28)44(42,43)41(2)29-16-12-26(13-17-29)37-23-25-5-3-7-32-31(25)6-4-21-35-32/h3-11,14-15,18-22,26,29,37H,12-13,16-17,23H2,1-2H3,(H2,36,38,39,40). The highest BCUT2D eigenvalue weighted by Crippen LogP contribution is 2.28. The zero-order valence-corrected chi connectivity index (χ0v) is 25.8. The molecule has 5 aromatic rings. The molecule has 9 nitrogen and oxygen atoms in total. The van der Waals surface area contributed by atoms with Crippen molar-refractivity contribution < 1.29 is 8.42 Å². The third kappa shape index (κ3) is 6.88. The average Bonchev–Trinajstić information content (AvgIpc) is 3.05. The maximum atomic E-state index is 13.5. The number of pyridine rings is 1. The number of hydrogen-bond donors (Lipinski definition) is 3. The summed E-state index contributed by atoms with van der Waals surface area (Å²) in [7, 11) is -1.93. The largest absolute Gasteiger partial charge is 0.340 e. The maximum Gasteiger partial charge on any atom is 0.243 e. The molecule has 0 atom stereocenters. The summed E-state index contributed by atoms with van der Waals surface area (Å²) >= 11 is 0. The zero-order valence-electron chi connectivity index (χ0n) is 24.9. The van der Waals surface area contributed by atoms with Crippen molar-refractivity contribution in [1.82, 2.24) is 24.6 Å². The molecule has 3 N–H and O–H groups in total. The summed E-state index contributed by atoms with van der Waals surface area (Å²) < 4.78 is 28.6. The van der Waals surface area contributed by atoms with Crippen molar-refractivity contribution in [3.63, 3.8) is 0 Å². The number of nitrogens with one attached hydrogen (secondary N) is 3. The summed E-state index contributed by atoms with van der Waals surface area (Å²) in [6.07, 6.45) is 6.97. The summed E-state index contributed by atoms with van der Waals surface area (Å²) in [5, 5.41) is 11.3. The van der Waals surface area contributed by atoms with Crippen LogP contribution in [0.2, 0.25) is 0 Å². The highest BCUT2D eigenvalue weighted by atomic mass is 32.2. The molecule has 6 rings (SSSR count). The van der Waals surface area contributed by atoms with E-state index in [1.54, 1.807) is 47.9 Å². The number of benzene rings is 3. The van der Waals surface area contributed by atoms with Crippen molar-refractivity contribution in [2.75, 3.05) is 17.7 Å². The van der Waals surface area contributed by atoms with Gasteiger partial charge in [-0.15, -0.1) is 0 Å². The number of rotatable bonds is 10. The number of fused-ring (bicyclic) bond motifs is 1. The number of hydrogen-bond acceptors (Lipinski definition) is 8. The Hall–Kier alpha value is -4.38. The number of sulfonamides is 1. The number of aryl methyl sites for hydroxylation is 1. The molecule has 0 amide bonds. The van der Waals surface area contributed by atoms with Crippen LogP contribution in [0.25, 0.3) is 10.9 Å². The highest BCUT2D eigenvalue weighted by molar-refractivity contribution is 7.89. The van der Waals surface area contributed by atoms with Crippen molar-refractivity contribution in [1.29, 1.82) is 0 Å². The van der Waals surface area contributed by atoms with Gasteiger partial charge in [-0.1, -0.05) is 35.9 Å². The Kier molecular flexibility index (Phi) is 8.83. The van der Waals surface area contributed by atoms with Crippen LogP contribution in [0, 0.1) is 6.92 Å². The van der Waals surface area contributed by atoms with E-state index in [0.29, 0.717) is 23.5 Å². The Labute approximate surface area is 258 Å². The lowest BCUT2D eigenvalue weighted by Gasteiger charge is -2.34. The first-order chi connectivity index (χ1) is 21.3. The van der Waals surface area contributed by atoms with Gasteiger partial charge in [0.15, 0.2) is 0 Å². The van der Waals surface area contributed by atoms with Crippen molar-refractivity contribution >= 4 is 44.1 Å². The summed E-state index contributed by atoms with van der Waals surface area (Å²) in [6, 6.07) is 27.2. The lowest BCUT2D eigenvalue weighted by molar-refractivity contribution is 0.249. The molecule has 44 heavy (non-hydrogen) atoms. The summed E-state index contributed by atoms with van der Waals surface area (Å²) in [5.41, 5.74) is 5.05. The lowest BCUT2D eigenvalue weighted by atomic mass is 9.91. The van der Waals surface area contributed by atoms with Gasteiger partial charge in [0, 0.05) is 54.8 Å². The van der Waals surface area contributed by atoms with Gasteiger partial charge in [-0.25, -0.2) is 13.4 Å². The molecule has 0 radical (unpaired) electrons. The molecule has 0 spiro atoms. The van der Waals surface area contributed by atoms with Crippen LogP contribution < -0.4 is 16.0 Å². The van der Waals surface area contributed by atoms with E-state index < -0.39 is 10.0 Å². The fraction of sp³-hybridized carbons (Fsp3) is 0.265. The van der Waals surface area contributed by atoms with Gasteiger partial charge < -0.3 is 16.0 Å². The van der Waals surface area contributed by atoms with Gasteiger partial charge in [0.05, 0.1) is 10.4 Å². The molecule has 10 heteroatoms. The number of aromatic nitrogens is 3. The van der Waals surface area contributed by atoms with E-state index >= 15 is 0 Å². The first kappa shape index (κ1) is 29.7. The highest BCUT2D eigenvalue weighted by Gasteiger charge is 2.31. The predicted octanol–water partition coefficient (Wildman–Crippen LogP) is 6.54. The van der Waals surface area contributed by atoms with E-state index in [2.05, 4.69) is 43.0 Å². The van der Waals surface area contributed by atoms with Crippen LogP contribution in [0.4, 0.5) is 23.1 Å². The molecule has 1 aliphatic carbocycles. The third-order valence-electron chi connectivity index (χ3n) is 8.30. The first-order valence-corrected chi connectivity index (χ1v) is 16.4. The molecule has 0 bridgehead atoms. The minimum absolute atomic E-state index is 0.0326. The van der Waals surface area contributed by atoms with Crippen LogP contribution in [-0.2, 0) is 16.6 Å². The van der Waals surface area contributed by atoms with Crippen molar-refractivity contribution in [2.24, 2.45) is 0 Å². The summed E-state index contributed by atoms with van der Waals surface area (Å²) in [5.74, 6) is 1.07. The Morgan fingerprint density at radius 2 is 1.52 bits per heavy atom. The quantitative estimate of drug-likeness (QED) is 0.164. The van der Waals surface area contributed by atoms with Crippen LogP contribution in [0.5, 0.6) is 0 Å². The minimum Gasteiger partial charge on any atom is -0.340 e. The van der Waals surface area contributed by atoms with E-state index in [1.807, 2.05) is 55.6 Å². The van der Waals surface area contributed by atoms with Crippen molar-refractivity contribution in [2.45, 2.75) is 56.1 Å². The van der Waals surface area contributed by atoms with Crippen molar-refractivity contribution in [3.8, 4) is 0 Å². The zero-order chi connectivity index (χ0) is 30.5. The van der Waals surface area contributed by atoms with Crippen LogP contribution in [0.15, 0.2) is 102 Å². The molecule has 2 heterocycles. The predicted molar refractivity (Wildman–Crippen MR) is 176 cm³/mol.